The molecule has 0 aliphatic carbocycles. The Kier molecular flexibility index (Phi) is 6.13. The van der Waals surface area contributed by atoms with E-state index in [1.165, 1.54) is 17.4 Å². The van der Waals surface area contributed by atoms with Gasteiger partial charge in [-0.3, -0.25) is 14.6 Å². The lowest BCUT2D eigenvalue weighted by Crippen LogP contribution is -2.61. The fraction of sp³-hybridized carbons (Fsp3) is 0.435. The van der Waals surface area contributed by atoms with Crippen LogP contribution in [0.2, 0.25) is 0 Å². The predicted molar refractivity (Wildman–Crippen MR) is 125 cm³/mol. The highest BCUT2D eigenvalue weighted by Crippen LogP contribution is 2.30. The lowest BCUT2D eigenvalue weighted by Gasteiger charge is -2.39. The van der Waals surface area contributed by atoms with Gasteiger partial charge in [-0.05, 0) is 38.0 Å². The number of amides is 2. The van der Waals surface area contributed by atoms with E-state index in [2.05, 4.69) is 25.6 Å². The Morgan fingerprint density at radius 1 is 1.26 bits per heavy atom. The number of carbonyl (C=O) groups excluding carboxylic acids is 2. The molecule has 3 aromatic rings. The van der Waals surface area contributed by atoms with Crippen LogP contribution in [-0.4, -0.2) is 64.0 Å². The molecule has 0 aromatic carbocycles. The monoisotopic (exact) mass is 484 g/mol. The number of nitrogens with zero attached hydrogens (tertiary/aromatic N) is 4. The highest BCUT2D eigenvalue weighted by atomic mass is 32.1. The molecule has 2 aliphatic heterocycles. The third-order valence-electron chi connectivity index (χ3n) is 6.08. The third kappa shape index (κ3) is 4.58. The maximum atomic E-state index is 13.6. The van der Waals surface area contributed by atoms with Gasteiger partial charge in [-0.1, -0.05) is 0 Å². The van der Waals surface area contributed by atoms with Gasteiger partial charge >= 0.3 is 0 Å². The highest BCUT2D eigenvalue weighted by Gasteiger charge is 2.36. The van der Waals surface area contributed by atoms with Crippen molar-refractivity contribution in [3.63, 3.8) is 0 Å². The van der Waals surface area contributed by atoms with Crippen LogP contribution in [0.1, 0.15) is 40.3 Å². The van der Waals surface area contributed by atoms with E-state index in [0.717, 1.165) is 22.2 Å². The number of fused-ring (bicyclic) bond motifs is 1. The van der Waals surface area contributed by atoms with Crippen molar-refractivity contribution in [2.24, 2.45) is 5.92 Å². The fourth-order valence-corrected chi connectivity index (χ4v) is 5.08. The number of carbonyl (C=O) groups is 2. The van der Waals surface area contributed by atoms with E-state index < -0.39 is 5.82 Å². The highest BCUT2D eigenvalue weighted by molar-refractivity contribution is 7.19. The second kappa shape index (κ2) is 9.22. The van der Waals surface area contributed by atoms with Crippen molar-refractivity contribution in [1.82, 2.24) is 25.2 Å². The molecule has 34 heavy (non-hydrogen) atoms. The van der Waals surface area contributed by atoms with Gasteiger partial charge in [0.25, 0.3) is 5.91 Å². The molecule has 0 radical (unpaired) electrons. The number of aromatic nitrogens is 3. The molecule has 9 nitrogen and oxygen atoms in total. The van der Waals surface area contributed by atoms with Crippen LogP contribution in [0, 0.1) is 18.7 Å². The number of nitrogens with one attached hydrogen (secondary N) is 2. The number of anilines is 1. The van der Waals surface area contributed by atoms with E-state index in [9.17, 15) is 14.0 Å². The minimum Gasteiger partial charge on any atom is -0.381 e. The summed E-state index contributed by atoms with van der Waals surface area (Å²) in [6, 6.07) is 2.93. The number of hydrogen-bond donors (Lipinski definition) is 2. The predicted octanol–water partition coefficient (Wildman–Crippen LogP) is 2.68. The van der Waals surface area contributed by atoms with Crippen LogP contribution in [-0.2, 0) is 9.53 Å². The Labute approximate surface area is 199 Å². The number of thiophene rings is 1. The molecule has 2 saturated heterocycles. The van der Waals surface area contributed by atoms with Crippen molar-refractivity contribution in [1.29, 1.82) is 0 Å². The lowest BCUT2D eigenvalue weighted by molar-refractivity contribution is -0.126. The van der Waals surface area contributed by atoms with E-state index >= 15 is 0 Å². The summed E-state index contributed by atoms with van der Waals surface area (Å²) in [5.74, 6) is -0.458. The van der Waals surface area contributed by atoms with Crippen molar-refractivity contribution in [2.75, 3.05) is 31.6 Å². The first kappa shape index (κ1) is 22.6. The molecule has 0 unspecified atom stereocenters. The molecule has 2 atom stereocenters. The van der Waals surface area contributed by atoms with E-state index in [-0.39, 0.29) is 35.8 Å². The minimum absolute atomic E-state index is 0.0137. The van der Waals surface area contributed by atoms with Crippen LogP contribution >= 0.6 is 11.3 Å². The Morgan fingerprint density at radius 2 is 2.09 bits per heavy atom. The van der Waals surface area contributed by atoms with Crippen LogP contribution in [0.25, 0.3) is 10.2 Å². The van der Waals surface area contributed by atoms with Gasteiger partial charge in [0.2, 0.25) is 11.9 Å². The number of rotatable bonds is 6. The zero-order valence-corrected chi connectivity index (χ0v) is 19.7. The van der Waals surface area contributed by atoms with Gasteiger partial charge in [-0.2, -0.15) is 0 Å². The van der Waals surface area contributed by atoms with Crippen molar-refractivity contribution in [2.45, 2.75) is 32.4 Å². The molecule has 11 heteroatoms. The van der Waals surface area contributed by atoms with Gasteiger partial charge in [-0.15, -0.1) is 11.3 Å². The molecule has 2 fully saturated rings. The zero-order valence-electron chi connectivity index (χ0n) is 18.9. The van der Waals surface area contributed by atoms with Crippen molar-refractivity contribution in [3.05, 3.63) is 46.5 Å². The summed E-state index contributed by atoms with van der Waals surface area (Å²) in [6.07, 6.45) is 3.46. The third-order valence-corrected chi connectivity index (χ3v) is 7.13. The number of likely N-dealkylation sites (tertiary alicyclic amines) is 1. The smallest absolute Gasteiger partial charge is 0.274 e. The molecule has 5 rings (SSSR count). The summed E-state index contributed by atoms with van der Waals surface area (Å²) < 4.78 is 19.6. The second-order valence-electron chi connectivity index (χ2n) is 8.75. The normalized spacial score (nSPS) is 19.1. The summed E-state index contributed by atoms with van der Waals surface area (Å²) in [4.78, 5) is 41.3. The summed E-state index contributed by atoms with van der Waals surface area (Å²) >= 11 is 1.47. The SMILES string of the molecule is Cc1cc2nc(N[C@@H](C)c3cncc(F)c3)nc(C(=O)N3CC(NC(=O)[C@H]4CCOC4)C3)c2s1. The minimum atomic E-state index is -0.424. The molecule has 0 spiro atoms. The molecular weight excluding hydrogens is 459 g/mol. The summed E-state index contributed by atoms with van der Waals surface area (Å²) in [5.41, 5.74) is 1.65. The van der Waals surface area contributed by atoms with Gasteiger partial charge < -0.3 is 20.3 Å². The van der Waals surface area contributed by atoms with Crippen LogP contribution in [0.4, 0.5) is 10.3 Å². The summed E-state index contributed by atoms with van der Waals surface area (Å²) in [7, 11) is 0. The Morgan fingerprint density at radius 3 is 2.82 bits per heavy atom. The molecule has 2 amide bonds. The van der Waals surface area contributed by atoms with Crippen molar-refractivity contribution >= 4 is 39.3 Å². The van der Waals surface area contributed by atoms with Crippen LogP contribution in [0.3, 0.4) is 0 Å². The van der Waals surface area contributed by atoms with Crippen LogP contribution < -0.4 is 10.6 Å². The van der Waals surface area contributed by atoms with E-state index in [1.54, 1.807) is 11.1 Å². The first-order valence-electron chi connectivity index (χ1n) is 11.2. The van der Waals surface area contributed by atoms with Gasteiger partial charge in [0, 0.05) is 30.8 Å². The van der Waals surface area contributed by atoms with Crippen LogP contribution in [0.15, 0.2) is 24.5 Å². The number of pyridine rings is 1. The van der Waals surface area contributed by atoms with E-state index in [1.807, 2.05) is 19.9 Å². The van der Waals surface area contributed by atoms with Crippen LogP contribution in [0.5, 0.6) is 0 Å². The average Bonchev–Trinajstić information content (AvgIpc) is 3.44. The lowest BCUT2D eigenvalue weighted by atomic mass is 10.0. The summed E-state index contributed by atoms with van der Waals surface area (Å²) in [6.45, 7) is 5.74. The first-order valence-corrected chi connectivity index (χ1v) is 12.0. The Bertz CT molecular complexity index is 1240. The number of hydrogen-bond acceptors (Lipinski definition) is 8. The van der Waals surface area contributed by atoms with Gasteiger partial charge in [0.05, 0.1) is 41.0 Å². The maximum Gasteiger partial charge on any atom is 0.274 e. The molecule has 5 heterocycles. The Hall–Kier alpha value is -3.18. The molecule has 2 aliphatic rings. The number of aryl methyl sites for hydroxylation is 1. The molecule has 178 valence electrons. The van der Waals surface area contributed by atoms with Crippen molar-refractivity contribution in [3.8, 4) is 0 Å². The van der Waals surface area contributed by atoms with E-state index in [4.69, 9.17) is 4.74 Å². The molecule has 0 saturated carbocycles. The molecule has 3 aromatic heterocycles. The van der Waals surface area contributed by atoms with Crippen molar-refractivity contribution < 1.29 is 18.7 Å². The zero-order chi connectivity index (χ0) is 23.8. The quantitative estimate of drug-likeness (QED) is 0.554. The van der Waals surface area contributed by atoms with E-state index in [0.29, 0.717) is 43.1 Å². The fourth-order valence-electron chi connectivity index (χ4n) is 4.15. The van der Waals surface area contributed by atoms with Gasteiger partial charge in [0.15, 0.2) is 5.69 Å². The van der Waals surface area contributed by atoms with Gasteiger partial charge in [-0.25, -0.2) is 14.4 Å². The second-order valence-corrected chi connectivity index (χ2v) is 10.0. The first-order chi connectivity index (χ1) is 16.4. The number of ether oxygens (including phenoxy) is 1. The molecule has 2 N–H and O–H groups in total. The average molecular weight is 485 g/mol. The largest absolute Gasteiger partial charge is 0.381 e. The topological polar surface area (TPSA) is 109 Å². The molecular formula is C23H25FN6O3S. The maximum absolute atomic E-state index is 13.6. The van der Waals surface area contributed by atoms with Gasteiger partial charge in [0.1, 0.15) is 5.82 Å². The summed E-state index contributed by atoms with van der Waals surface area (Å²) in [5, 5.41) is 6.16. The standard InChI is InChI=1S/C23H25FN6O3S/c1-12-5-18-20(34-12)19(29-23(28-18)26-13(2)15-6-16(24)8-25-7-15)22(32)30-9-17(10-30)27-21(31)14-3-4-33-11-14/h5-8,13-14,17H,3-4,9-11H2,1-2H3,(H,27,31)(H,26,28,29)/t13-,14-/m0/s1. The number of halogens is 1. The Balaban J connectivity index is 1.31. The molecule has 0 bridgehead atoms.